The molecule has 0 amide bonds. The summed E-state index contributed by atoms with van der Waals surface area (Å²) in [6.45, 7) is 4.32. The number of para-hydroxylation sites is 1. The van der Waals surface area contributed by atoms with Crippen LogP contribution in [-0.2, 0) is 6.61 Å². The molecule has 26 heavy (non-hydrogen) atoms. The Morgan fingerprint density at radius 3 is 2.58 bits per heavy atom. The number of aromatic nitrogens is 3. The van der Waals surface area contributed by atoms with E-state index in [0.717, 1.165) is 22.4 Å². The predicted octanol–water partition coefficient (Wildman–Crippen LogP) is 4.68. The fourth-order valence-electron chi connectivity index (χ4n) is 2.52. The van der Waals surface area contributed by atoms with Crippen molar-refractivity contribution in [2.45, 2.75) is 20.5 Å². The van der Waals surface area contributed by atoms with Gasteiger partial charge in [-0.1, -0.05) is 54.6 Å². The number of aromatic amines is 1. The van der Waals surface area contributed by atoms with E-state index in [9.17, 15) is 0 Å². The number of nitrogens with zero attached hydrogens (tertiary/aromatic N) is 3. The Morgan fingerprint density at radius 2 is 1.85 bits per heavy atom. The smallest absolute Gasteiger partial charge is 0.216 e. The van der Waals surface area contributed by atoms with E-state index < -0.39 is 0 Å². The van der Waals surface area contributed by atoms with Crippen LogP contribution < -0.4 is 4.74 Å². The molecule has 1 aromatic heterocycles. The summed E-state index contributed by atoms with van der Waals surface area (Å²) in [6, 6.07) is 16.1. The third-order valence-electron chi connectivity index (χ3n) is 3.83. The van der Waals surface area contributed by atoms with Crippen LogP contribution in [0.5, 0.6) is 5.75 Å². The summed E-state index contributed by atoms with van der Waals surface area (Å²) in [5, 5.41) is 11.3. The van der Waals surface area contributed by atoms with Crippen LogP contribution in [0.25, 0.3) is 6.08 Å². The highest BCUT2D eigenvalue weighted by Crippen LogP contribution is 2.23. The van der Waals surface area contributed by atoms with Crippen LogP contribution in [-0.4, -0.2) is 21.1 Å². The molecule has 132 valence electrons. The van der Waals surface area contributed by atoms with Crippen molar-refractivity contribution in [1.82, 2.24) is 14.9 Å². The van der Waals surface area contributed by atoms with Crippen molar-refractivity contribution in [1.29, 1.82) is 0 Å². The summed E-state index contributed by atoms with van der Waals surface area (Å²) in [5.41, 5.74) is 3.27. The molecule has 0 fully saturated rings. The lowest BCUT2D eigenvalue weighted by atomic mass is 10.1. The first-order valence-corrected chi connectivity index (χ1v) is 8.67. The van der Waals surface area contributed by atoms with Gasteiger partial charge in [0, 0.05) is 6.21 Å². The van der Waals surface area contributed by atoms with Crippen LogP contribution in [0.1, 0.15) is 22.5 Å². The van der Waals surface area contributed by atoms with E-state index in [4.69, 9.17) is 17.0 Å². The van der Waals surface area contributed by atoms with Gasteiger partial charge in [-0.2, -0.15) is 14.9 Å². The van der Waals surface area contributed by atoms with Crippen LogP contribution in [0.15, 0.2) is 59.7 Å². The average Bonchev–Trinajstić information content (AvgIpc) is 2.99. The Kier molecular flexibility index (Phi) is 5.76. The lowest BCUT2D eigenvalue weighted by Gasteiger charge is -2.11. The molecule has 6 heteroatoms. The Hall–Kier alpha value is -2.99. The second-order valence-electron chi connectivity index (χ2n) is 5.80. The van der Waals surface area contributed by atoms with E-state index in [2.05, 4.69) is 15.3 Å². The van der Waals surface area contributed by atoms with Gasteiger partial charge in [0.1, 0.15) is 12.4 Å². The molecule has 2 aromatic carbocycles. The number of hydrogen-bond acceptors (Lipinski definition) is 4. The van der Waals surface area contributed by atoms with Crippen molar-refractivity contribution in [3.8, 4) is 5.75 Å². The summed E-state index contributed by atoms with van der Waals surface area (Å²) < 4.78 is 7.93. The molecule has 1 heterocycles. The molecule has 0 saturated heterocycles. The van der Waals surface area contributed by atoms with E-state index in [1.54, 1.807) is 10.9 Å². The molecule has 0 spiro atoms. The maximum absolute atomic E-state index is 5.94. The van der Waals surface area contributed by atoms with E-state index in [1.807, 2.05) is 74.5 Å². The zero-order chi connectivity index (χ0) is 18.4. The average molecular weight is 364 g/mol. The van der Waals surface area contributed by atoms with Gasteiger partial charge >= 0.3 is 0 Å². The number of hydrogen-bond donors (Lipinski definition) is 1. The second kappa shape index (κ2) is 8.40. The van der Waals surface area contributed by atoms with Gasteiger partial charge in [-0.15, -0.1) is 0 Å². The number of aryl methyl sites for hydroxylation is 2. The quantitative estimate of drug-likeness (QED) is 0.510. The molecule has 0 aliphatic heterocycles. The SMILES string of the molecule is Cc1cccc(C)c1OCc1n[nH]c(=S)n1/N=C\C=C\c1ccccc1. The van der Waals surface area contributed by atoms with Crippen LogP contribution >= 0.6 is 12.2 Å². The van der Waals surface area contributed by atoms with Crippen LogP contribution in [0.2, 0.25) is 0 Å². The molecule has 0 aliphatic carbocycles. The van der Waals surface area contributed by atoms with Crippen molar-refractivity contribution in [3.63, 3.8) is 0 Å². The molecular formula is C20H20N4OS. The first-order chi connectivity index (χ1) is 12.6. The van der Waals surface area contributed by atoms with E-state index >= 15 is 0 Å². The van der Waals surface area contributed by atoms with Gasteiger partial charge in [-0.05, 0) is 48.8 Å². The van der Waals surface area contributed by atoms with Crippen LogP contribution in [0, 0.1) is 18.6 Å². The predicted molar refractivity (Wildman–Crippen MR) is 107 cm³/mol. The summed E-state index contributed by atoms with van der Waals surface area (Å²) >= 11 is 5.25. The molecule has 3 rings (SSSR count). The Balaban J connectivity index is 1.72. The topological polar surface area (TPSA) is 55.2 Å². The van der Waals surface area contributed by atoms with Crippen LogP contribution in [0.3, 0.4) is 0 Å². The zero-order valence-electron chi connectivity index (χ0n) is 14.7. The summed E-state index contributed by atoms with van der Waals surface area (Å²) in [7, 11) is 0. The van der Waals surface area contributed by atoms with Crippen molar-refractivity contribution >= 4 is 24.5 Å². The highest BCUT2D eigenvalue weighted by atomic mass is 32.1. The molecule has 0 unspecified atom stereocenters. The number of nitrogens with one attached hydrogen (secondary N) is 1. The molecule has 0 bridgehead atoms. The molecule has 0 aliphatic rings. The normalized spacial score (nSPS) is 11.5. The third kappa shape index (κ3) is 4.34. The molecule has 0 saturated carbocycles. The minimum Gasteiger partial charge on any atom is -0.485 e. The van der Waals surface area contributed by atoms with Crippen molar-refractivity contribution in [2.75, 3.05) is 0 Å². The molecule has 5 nitrogen and oxygen atoms in total. The lowest BCUT2D eigenvalue weighted by Crippen LogP contribution is -2.05. The fourth-order valence-corrected chi connectivity index (χ4v) is 2.72. The Morgan fingerprint density at radius 1 is 1.12 bits per heavy atom. The number of allylic oxidation sites excluding steroid dienone is 1. The highest BCUT2D eigenvalue weighted by Gasteiger charge is 2.08. The van der Waals surface area contributed by atoms with Gasteiger partial charge in [-0.25, -0.2) is 5.10 Å². The number of benzene rings is 2. The first kappa shape index (κ1) is 17.8. The molecule has 1 N–H and O–H groups in total. The third-order valence-corrected chi connectivity index (χ3v) is 4.09. The fraction of sp³-hybridized carbons (Fsp3) is 0.150. The Labute approximate surface area is 157 Å². The monoisotopic (exact) mass is 364 g/mol. The molecule has 0 radical (unpaired) electrons. The van der Waals surface area contributed by atoms with Gasteiger partial charge in [0.15, 0.2) is 5.82 Å². The van der Waals surface area contributed by atoms with Crippen molar-refractivity contribution < 1.29 is 4.74 Å². The van der Waals surface area contributed by atoms with Gasteiger partial charge in [0.2, 0.25) is 4.77 Å². The van der Waals surface area contributed by atoms with Crippen molar-refractivity contribution in [3.05, 3.63) is 81.9 Å². The summed E-state index contributed by atoms with van der Waals surface area (Å²) in [5.74, 6) is 1.47. The van der Waals surface area contributed by atoms with Gasteiger partial charge in [0.25, 0.3) is 0 Å². The van der Waals surface area contributed by atoms with E-state index in [1.165, 1.54) is 0 Å². The maximum atomic E-state index is 5.94. The van der Waals surface area contributed by atoms with Gasteiger partial charge in [-0.3, -0.25) is 0 Å². The molecule has 0 atom stereocenters. The second-order valence-corrected chi connectivity index (χ2v) is 6.19. The number of ether oxygens (including phenoxy) is 1. The summed E-state index contributed by atoms with van der Waals surface area (Å²) in [4.78, 5) is 0. The number of rotatable bonds is 6. The van der Waals surface area contributed by atoms with Crippen molar-refractivity contribution in [2.24, 2.45) is 5.10 Å². The Bertz CT molecular complexity index is 966. The highest BCUT2D eigenvalue weighted by molar-refractivity contribution is 7.71. The largest absolute Gasteiger partial charge is 0.485 e. The minimum atomic E-state index is 0.276. The van der Waals surface area contributed by atoms with Crippen LogP contribution in [0.4, 0.5) is 0 Å². The van der Waals surface area contributed by atoms with E-state index in [-0.39, 0.29) is 6.61 Å². The van der Waals surface area contributed by atoms with E-state index in [0.29, 0.717) is 10.6 Å². The summed E-state index contributed by atoms with van der Waals surface area (Å²) in [6.07, 6.45) is 5.52. The first-order valence-electron chi connectivity index (χ1n) is 8.26. The number of H-pyrrole nitrogens is 1. The zero-order valence-corrected chi connectivity index (χ0v) is 15.5. The molecular weight excluding hydrogens is 344 g/mol. The minimum absolute atomic E-state index is 0.276. The lowest BCUT2D eigenvalue weighted by molar-refractivity contribution is 0.287. The molecule has 3 aromatic rings. The maximum Gasteiger partial charge on any atom is 0.216 e. The van der Waals surface area contributed by atoms with Gasteiger partial charge in [0.05, 0.1) is 0 Å². The van der Waals surface area contributed by atoms with Gasteiger partial charge < -0.3 is 4.74 Å². The standard InChI is InChI=1S/C20H20N4OS/c1-15-8-6-9-16(2)19(15)25-14-18-22-23-20(26)24(18)21-13-7-12-17-10-4-3-5-11-17/h3-13H,14H2,1-2H3,(H,23,26)/b12-7+,21-13-.